The van der Waals surface area contributed by atoms with Crippen molar-refractivity contribution in [2.45, 2.75) is 12.8 Å². The third-order valence-corrected chi connectivity index (χ3v) is 3.01. The molecule has 0 aliphatic carbocycles. The van der Waals surface area contributed by atoms with Crippen LogP contribution in [0.4, 0.5) is 0 Å². The molecule has 18 heavy (non-hydrogen) atoms. The fourth-order valence-electron chi connectivity index (χ4n) is 1.36. The molecule has 0 fully saturated rings. The van der Waals surface area contributed by atoms with Gasteiger partial charge in [0.25, 0.3) is 0 Å². The number of hydrogen-bond donors (Lipinski definition) is 1. The Kier molecular flexibility index (Phi) is 4.45. The molecule has 4 nitrogen and oxygen atoms in total. The van der Waals surface area contributed by atoms with Gasteiger partial charge in [0.1, 0.15) is 11.2 Å². The maximum absolute atomic E-state index is 8.36. The summed E-state index contributed by atoms with van der Waals surface area (Å²) in [6.45, 7) is 0. The van der Waals surface area contributed by atoms with Crippen molar-refractivity contribution in [3.63, 3.8) is 0 Å². The Morgan fingerprint density at radius 3 is 3.17 bits per heavy atom. The van der Waals surface area contributed by atoms with Crippen LogP contribution in [-0.2, 0) is 6.42 Å². The van der Waals surface area contributed by atoms with Gasteiger partial charge in [0.15, 0.2) is 0 Å². The van der Waals surface area contributed by atoms with Gasteiger partial charge in [0.05, 0.1) is 11.1 Å². The summed E-state index contributed by atoms with van der Waals surface area (Å²) in [6.07, 6.45) is 8.27. The number of nitrogens with zero attached hydrogens (tertiary/aromatic N) is 3. The van der Waals surface area contributed by atoms with E-state index in [4.69, 9.17) is 5.21 Å². The van der Waals surface area contributed by atoms with E-state index >= 15 is 0 Å². The predicted octanol–water partition coefficient (Wildman–Crippen LogP) is 2.33. The van der Waals surface area contributed by atoms with Crippen molar-refractivity contribution in [2.75, 3.05) is 0 Å². The average molecular weight is 257 g/mol. The van der Waals surface area contributed by atoms with E-state index < -0.39 is 0 Å². The second-order valence-electron chi connectivity index (χ2n) is 3.47. The fourth-order valence-corrected chi connectivity index (χ4v) is 2.02. The summed E-state index contributed by atoms with van der Waals surface area (Å²) in [5.74, 6) is 6.13. The van der Waals surface area contributed by atoms with Crippen molar-refractivity contribution >= 4 is 17.6 Å². The first-order valence-electron chi connectivity index (χ1n) is 5.39. The Morgan fingerprint density at radius 1 is 1.44 bits per heavy atom. The van der Waals surface area contributed by atoms with Crippen LogP contribution < -0.4 is 0 Å². The van der Waals surface area contributed by atoms with E-state index in [1.165, 1.54) is 23.1 Å². The molecule has 0 aliphatic heterocycles. The molecule has 0 saturated carbocycles. The first kappa shape index (κ1) is 12.3. The van der Waals surface area contributed by atoms with Crippen LogP contribution >= 0.6 is 11.3 Å². The van der Waals surface area contributed by atoms with Gasteiger partial charge in [-0.3, -0.25) is 4.98 Å². The molecule has 0 amide bonds. The average Bonchev–Trinajstić information content (AvgIpc) is 2.84. The monoisotopic (exact) mass is 257 g/mol. The minimum absolute atomic E-state index is 0.647. The number of rotatable bonds is 3. The van der Waals surface area contributed by atoms with E-state index in [9.17, 15) is 0 Å². The Bertz CT molecular complexity index is 581. The lowest BCUT2D eigenvalue weighted by Gasteiger charge is -1.93. The van der Waals surface area contributed by atoms with Gasteiger partial charge in [0.2, 0.25) is 0 Å². The first-order chi connectivity index (χ1) is 8.88. The highest BCUT2D eigenvalue weighted by molar-refractivity contribution is 7.13. The van der Waals surface area contributed by atoms with Crippen LogP contribution in [0.15, 0.2) is 35.9 Å². The minimum Gasteiger partial charge on any atom is -0.411 e. The lowest BCUT2D eigenvalue weighted by molar-refractivity contribution is 0.322. The Morgan fingerprint density at radius 2 is 2.39 bits per heavy atom. The van der Waals surface area contributed by atoms with Gasteiger partial charge in [-0.1, -0.05) is 23.1 Å². The summed E-state index contributed by atoms with van der Waals surface area (Å²) in [5, 5.41) is 11.9. The topological polar surface area (TPSA) is 58.4 Å². The van der Waals surface area contributed by atoms with Gasteiger partial charge >= 0.3 is 0 Å². The smallest absolute Gasteiger partial charge is 0.138 e. The molecule has 2 heterocycles. The number of aryl methyl sites for hydroxylation is 1. The zero-order chi connectivity index (χ0) is 12.6. The van der Waals surface area contributed by atoms with Crippen molar-refractivity contribution in [2.24, 2.45) is 5.16 Å². The van der Waals surface area contributed by atoms with Crippen molar-refractivity contribution in [1.29, 1.82) is 0 Å². The summed E-state index contributed by atoms with van der Waals surface area (Å²) in [5.41, 5.74) is 1.18. The molecule has 0 bridgehead atoms. The Labute approximate surface area is 109 Å². The van der Waals surface area contributed by atoms with Crippen molar-refractivity contribution in [3.05, 3.63) is 46.2 Å². The van der Waals surface area contributed by atoms with Gasteiger partial charge in [0, 0.05) is 18.8 Å². The van der Waals surface area contributed by atoms with E-state index in [0.29, 0.717) is 5.01 Å². The Hall–Kier alpha value is -2.19. The molecule has 0 aromatic carbocycles. The van der Waals surface area contributed by atoms with Crippen LogP contribution in [-0.4, -0.2) is 21.4 Å². The standard InChI is InChI=1S/C13H11N3OS/c17-16-10-13-15-9-12(18-13)6-2-1-4-11-5-3-7-14-8-11/h3,5,7-10,17H,1,4H2/b16-10-. The van der Waals surface area contributed by atoms with Crippen LogP contribution in [0.3, 0.4) is 0 Å². The van der Waals surface area contributed by atoms with Gasteiger partial charge < -0.3 is 5.21 Å². The summed E-state index contributed by atoms with van der Waals surface area (Å²) < 4.78 is 0. The Balaban J connectivity index is 1.88. The quantitative estimate of drug-likeness (QED) is 0.397. The molecule has 0 radical (unpaired) electrons. The molecule has 2 rings (SSSR count). The van der Waals surface area contributed by atoms with Crippen molar-refractivity contribution in [1.82, 2.24) is 9.97 Å². The van der Waals surface area contributed by atoms with E-state index in [1.54, 1.807) is 12.4 Å². The molecular weight excluding hydrogens is 246 g/mol. The SMILES string of the molecule is O/N=C\c1ncc(C#CCCc2cccnc2)s1. The van der Waals surface area contributed by atoms with Gasteiger partial charge in [-0.2, -0.15) is 0 Å². The molecular formula is C13H11N3OS. The molecule has 0 spiro atoms. The molecule has 2 aromatic heterocycles. The fraction of sp³-hybridized carbons (Fsp3) is 0.154. The molecule has 1 N–H and O–H groups in total. The number of hydrogen-bond acceptors (Lipinski definition) is 5. The van der Waals surface area contributed by atoms with Gasteiger partial charge in [-0.15, -0.1) is 11.3 Å². The van der Waals surface area contributed by atoms with Crippen LogP contribution in [0.1, 0.15) is 21.9 Å². The van der Waals surface area contributed by atoms with Crippen molar-refractivity contribution < 1.29 is 5.21 Å². The van der Waals surface area contributed by atoms with E-state index in [0.717, 1.165) is 17.7 Å². The second kappa shape index (κ2) is 6.52. The number of pyridine rings is 1. The molecule has 0 atom stereocenters. The van der Waals surface area contributed by atoms with Gasteiger partial charge in [-0.25, -0.2) is 4.98 Å². The number of oxime groups is 1. The number of thiazole rings is 1. The lowest BCUT2D eigenvalue weighted by atomic mass is 10.2. The highest BCUT2D eigenvalue weighted by Crippen LogP contribution is 2.09. The maximum Gasteiger partial charge on any atom is 0.138 e. The van der Waals surface area contributed by atoms with Crippen LogP contribution in [0.5, 0.6) is 0 Å². The van der Waals surface area contributed by atoms with Crippen LogP contribution in [0.2, 0.25) is 0 Å². The molecule has 0 saturated heterocycles. The predicted molar refractivity (Wildman–Crippen MR) is 70.9 cm³/mol. The van der Waals surface area contributed by atoms with E-state index in [1.807, 2.05) is 18.3 Å². The summed E-state index contributed by atoms with van der Waals surface area (Å²) in [7, 11) is 0. The second-order valence-corrected chi connectivity index (χ2v) is 4.53. The third kappa shape index (κ3) is 3.68. The molecule has 0 aliphatic rings. The van der Waals surface area contributed by atoms with E-state index in [-0.39, 0.29) is 0 Å². The highest BCUT2D eigenvalue weighted by atomic mass is 32.1. The molecule has 5 heteroatoms. The summed E-state index contributed by atoms with van der Waals surface area (Å²) in [4.78, 5) is 8.96. The number of aromatic nitrogens is 2. The summed E-state index contributed by atoms with van der Waals surface area (Å²) >= 11 is 1.40. The molecule has 2 aromatic rings. The normalized spacial score (nSPS) is 10.2. The summed E-state index contributed by atoms with van der Waals surface area (Å²) in [6, 6.07) is 3.96. The maximum atomic E-state index is 8.36. The zero-order valence-corrected chi connectivity index (χ0v) is 10.4. The first-order valence-corrected chi connectivity index (χ1v) is 6.21. The van der Waals surface area contributed by atoms with E-state index in [2.05, 4.69) is 27.0 Å². The largest absolute Gasteiger partial charge is 0.411 e. The molecule has 90 valence electrons. The van der Waals surface area contributed by atoms with Crippen molar-refractivity contribution in [3.8, 4) is 11.8 Å². The van der Waals surface area contributed by atoms with Crippen LogP contribution in [0, 0.1) is 11.8 Å². The molecule has 0 unspecified atom stereocenters. The highest BCUT2D eigenvalue weighted by Gasteiger charge is 1.95. The van der Waals surface area contributed by atoms with Crippen LogP contribution in [0.25, 0.3) is 0 Å². The minimum atomic E-state index is 0.647. The zero-order valence-electron chi connectivity index (χ0n) is 9.58. The third-order valence-electron chi connectivity index (χ3n) is 2.16. The lowest BCUT2D eigenvalue weighted by Crippen LogP contribution is -1.83. The van der Waals surface area contributed by atoms with Gasteiger partial charge in [-0.05, 0) is 18.1 Å².